The van der Waals surface area contributed by atoms with Crippen LogP contribution < -0.4 is 0 Å². The Morgan fingerprint density at radius 2 is 2.00 bits per heavy atom. The standard InChI is InChI=1S/C16H20ClN/c1-9-2-5-12(18-8-9)7-13(17)16-14-10-3-4-11(6-10)15(14)16/h2,5,8,10-11,13-16H,3-4,6-7H2,1H3. The highest BCUT2D eigenvalue weighted by Gasteiger charge is 2.66. The van der Waals surface area contributed by atoms with Gasteiger partial charge in [-0.3, -0.25) is 4.98 Å². The minimum absolute atomic E-state index is 0.318. The summed E-state index contributed by atoms with van der Waals surface area (Å²) in [5.74, 6) is 4.82. The fourth-order valence-electron chi connectivity index (χ4n) is 4.83. The summed E-state index contributed by atoms with van der Waals surface area (Å²) in [6, 6.07) is 4.28. The second kappa shape index (κ2) is 3.96. The van der Waals surface area contributed by atoms with Crippen LogP contribution in [-0.2, 0) is 6.42 Å². The Hall–Kier alpha value is -0.560. The zero-order chi connectivity index (χ0) is 12.3. The summed E-state index contributed by atoms with van der Waals surface area (Å²) in [5, 5.41) is 0.318. The van der Waals surface area contributed by atoms with Crippen LogP contribution in [-0.4, -0.2) is 10.4 Å². The molecule has 3 fully saturated rings. The summed E-state index contributed by atoms with van der Waals surface area (Å²) in [5.41, 5.74) is 2.39. The van der Waals surface area contributed by atoms with E-state index in [1.54, 1.807) is 0 Å². The molecule has 0 spiro atoms. The largest absolute Gasteiger partial charge is 0.261 e. The number of aromatic nitrogens is 1. The van der Waals surface area contributed by atoms with Gasteiger partial charge in [-0.05, 0) is 67.4 Å². The van der Waals surface area contributed by atoms with Crippen LogP contribution in [0.25, 0.3) is 0 Å². The lowest BCUT2D eigenvalue weighted by molar-refractivity contribution is 0.448. The lowest BCUT2D eigenvalue weighted by Crippen LogP contribution is -2.13. The number of halogens is 1. The average Bonchev–Trinajstić information content (AvgIpc) is 2.82. The topological polar surface area (TPSA) is 12.9 Å². The van der Waals surface area contributed by atoms with Crippen LogP contribution in [0.2, 0.25) is 0 Å². The molecular weight excluding hydrogens is 242 g/mol. The Kier molecular flexibility index (Phi) is 2.49. The minimum atomic E-state index is 0.318. The summed E-state index contributed by atoms with van der Waals surface area (Å²) in [6.45, 7) is 2.08. The second-order valence-corrected chi connectivity index (χ2v) is 7.17. The zero-order valence-corrected chi connectivity index (χ0v) is 11.6. The van der Waals surface area contributed by atoms with Gasteiger partial charge in [-0.25, -0.2) is 0 Å². The van der Waals surface area contributed by atoms with Crippen LogP contribution in [0.5, 0.6) is 0 Å². The van der Waals surface area contributed by atoms with Gasteiger partial charge in [-0.15, -0.1) is 11.6 Å². The number of hydrogen-bond acceptors (Lipinski definition) is 1. The van der Waals surface area contributed by atoms with Crippen LogP contribution >= 0.6 is 11.6 Å². The van der Waals surface area contributed by atoms with Crippen LogP contribution in [0.1, 0.15) is 30.5 Å². The first-order chi connectivity index (χ1) is 8.74. The van der Waals surface area contributed by atoms with Gasteiger partial charge in [0.25, 0.3) is 0 Å². The minimum Gasteiger partial charge on any atom is -0.261 e. The molecule has 1 nitrogen and oxygen atoms in total. The number of fused-ring (bicyclic) bond motifs is 5. The van der Waals surface area contributed by atoms with E-state index in [0.717, 1.165) is 41.7 Å². The molecule has 0 aromatic carbocycles. The first-order valence-corrected chi connectivity index (χ1v) is 7.73. The maximum Gasteiger partial charge on any atom is 0.0425 e. The molecule has 18 heavy (non-hydrogen) atoms. The zero-order valence-electron chi connectivity index (χ0n) is 10.8. The third kappa shape index (κ3) is 1.63. The fourth-order valence-corrected chi connectivity index (χ4v) is 5.33. The van der Waals surface area contributed by atoms with Crippen LogP contribution in [0.3, 0.4) is 0 Å². The highest BCUT2D eigenvalue weighted by molar-refractivity contribution is 6.21. The van der Waals surface area contributed by atoms with E-state index < -0.39 is 0 Å². The predicted octanol–water partition coefficient (Wildman–Crippen LogP) is 3.83. The molecule has 4 rings (SSSR count). The van der Waals surface area contributed by atoms with Crippen molar-refractivity contribution in [1.82, 2.24) is 4.98 Å². The number of hydrogen-bond donors (Lipinski definition) is 0. The molecule has 2 heteroatoms. The Morgan fingerprint density at radius 1 is 1.28 bits per heavy atom. The van der Waals surface area contributed by atoms with E-state index in [2.05, 4.69) is 24.0 Å². The van der Waals surface area contributed by atoms with E-state index in [0.29, 0.717) is 5.38 Å². The fraction of sp³-hybridized carbons (Fsp3) is 0.688. The Morgan fingerprint density at radius 3 is 2.61 bits per heavy atom. The molecule has 3 aliphatic carbocycles. The number of pyridine rings is 1. The number of aryl methyl sites for hydroxylation is 1. The van der Waals surface area contributed by atoms with Gasteiger partial charge in [-0.1, -0.05) is 6.07 Å². The first-order valence-electron chi connectivity index (χ1n) is 7.29. The first kappa shape index (κ1) is 11.3. The van der Waals surface area contributed by atoms with Crippen molar-refractivity contribution in [3.05, 3.63) is 29.6 Å². The third-order valence-electron chi connectivity index (χ3n) is 5.59. The summed E-state index contributed by atoms with van der Waals surface area (Å²) in [7, 11) is 0. The van der Waals surface area contributed by atoms with Crippen molar-refractivity contribution in [1.29, 1.82) is 0 Å². The lowest BCUT2D eigenvalue weighted by Gasteiger charge is -2.14. The number of alkyl halides is 1. The van der Waals surface area contributed by atoms with E-state index in [-0.39, 0.29) is 0 Å². The molecule has 2 bridgehead atoms. The summed E-state index contributed by atoms with van der Waals surface area (Å²) < 4.78 is 0. The summed E-state index contributed by atoms with van der Waals surface area (Å²) in [6.07, 6.45) is 7.39. The van der Waals surface area contributed by atoms with Crippen LogP contribution in [0.15, 0.2) is 18.3 Å². The second-order valence-electron chi connectivity index (χ2n) is 6.61. The van der Waals surface area contributed by atoms with Crippen LogP contribution in [0, 0.1) is 36.5 Å². The third-order valence-corrected chi connectivity index (χ3v) is 6.03. The average molecular weight is 262 g/mol. The molecule has 5 unspecified atom stereocenters. The SMILES string of the molecule is Cc1ccc(CC(Cl)C2C3C4CCC(C4)C23)nc1. The maximum absolute atomic E-state index is 6.67. The van der Waals surface area contributed by atoms with Crippen molar-refractivity contribution in [3.8, 4) is 0 Å². The molecule has 0 radical (unpaired) electrons. The Balaban J connectivity index is 1.43. The quantitative estimate of drug-likeness (QED) is 0.754. The highest BCUT2D eigenvalue weighted by Crippen LogP contribution is 2.71. The summed E-state index contributed by atoms with van der Waals surface area (Å²) in [4.78, 5) is 4.49. The van der Waals surface area contributed by atoms with Gasteiger partial charge >= 0.3 is 0 Å². The van der Waals surface area contributed by atoms with Gasteiger partial charge in [0, 0.05) is 23.7 Å². The van der Waals surface area contributed by atoms with E-state index >= 15 is 0 Å². The lowest BCUT2D eigenvalue weighted by atomic mass is 9.98. The molecule has 3 saturated carbocycles. The van der Waals surface area contributed by atoms with Crippen molar-refractivity contribution in [3.63, 3.8) is 0 Å². The van der Waals surface area contributed by atoms with Crippen molar-refractivity contribution in [2.45, 2.75) is 38.0 Å². The number of rotatable bonds is 3. The van der Waals surface area contributed by atoms with Crippen molar-refractivity contribution < 1.29 is 0 Å². The van der Waals surface area contributed by atoms with E-state index in [9.17, 15) is 0 Å². The van der Waals surface area contributed by atoms with E-state index in [1.165, 1.54) is 24.8 Å². The highest BCUT2D eigenvalue weighted by atomic mass is 35.5. The molecule has 0 aliphatic heterocycles. The van der Waals surface area contributed by atoms with Crippen molar-refractivity contribution >= 4 is 11.6 Å². The monoisotopic (exact) mass is 261 g/mol. The molecule has 96 valence electrons. The summed E-state index contributed by atoms with van der Waals surface area (Å²) >= 11 is 6.67. The van der Waals surface area contributed by atoms with Crippen LogP contribution in [0.4, 0.5) is 0 Å². The molecule has 1 heterocycles. The van der Waals surface area contributed by atoms with Gasteiger partial charge in [0.2, 0.25) is 0 Å². The molecule has 0 amide bonds. The van der Waals surface area contributed by atoms with Gasteiger partial charge in [0.1, 0.15) is 0 Å². The van der Waals surface area contributed by atoms with Crippen molar-refractivity contribution in [2.75, 3.05) is 0 Å². The van der Waals surface area contributed by atoms with Crippen molar-refractivity contribution in [2.24, 2.45) is 29.6 Å². The maximum atomic E-state index is 6.67. The molecule has 5 atom stereocenters. The van der Waals surface area contributed by atoms with Gasteiger partial charge in [0.15, 0.2) is 0 Å². The molecule has 1 aromatic heterocycles. The molecule has 0 N–H and O–H groups in total. The Bertz CT molecular complexity index is 439. The smallest absolute Gasteiger partial charge is 0.0425 e. The molecule has 3 aliphatic rings. The molecule has 1 aromatic rings. The van der Waals surface area contributed by atoms with E-state index in [1.807, 2.05) is 6.20 Å². The van der Waals surface area contributed by atoms with E-state index in [4.69, 9.17) is 11.6 Å². The number of nitrogens with zero attached hydrogens (tertiary/aromatic N) is 1. The normalized spacial score (nSPS) is 41.8. The van der Waals surface area contributed by atoms with Gasteiger partial charge in [0.05, 0.1) is 0 Å². The predicted molar refractivity (Wildman–Crippen MR) is 73.6 cm³/mol. The van der Waals surface area contributed by atoms with Gasteiger partial charge < -0.3 is 0 Å². The Labute approximate surface area is 114 Å². The van der Waals surface area contributed by atoms with Gasteiger partial charge in [-0.2, -0.15) is 0 Å². The molecule has 0 saturated heterocycles. The molecular formula is C16H20ClN.